The summed E-state index contributed by atoms with van der Waals surface area (Å²) in [6.45, 7) is 0.0610. The maximum atomic E-state index is 12.9. The first kappa shape index (κ1) is 14.5. The smallest absolute Gasteiger partial charge is 0.353 e. The Morgan fingerprint density at radius 3 is 2.86 bits per heavy atom. The lowest BCUT2D eigenvalue weighted by Gasteiger charge is -2.05. The van der Waals surface area contributed by atoms with E-state index >= 15 is 0 Å². The van der Waals surface area contributed by atoms with E-state index in [-0.39, 0.29) is 24.5 Å². The third kappa shape index (κ3) is 4.30. The largest absolute Gasteiger partial charge is 0.493 e. The number of aromatic carboxylic acids is 1. The average molecular weight is 293 g/mol. The molecule has 7 nitrogen and oxygen atoms in total. The van der Waals surface area contributed by atoms with E-state index in [1.807, 2.05) is 0 Å². The number of ether oxygens (including phenoxy) is 1. The minimum absolute atomic E-state index is 0.0196. The van der Waals surface area contributed by atoms with Crippen LogP contribution in [0.15, 0.2) is 30.3 Å². The van der Waals surface area contributed by atoms with Crippen LogP contribution in [0.2, 0.25) is 0 Å². The van der Waals surface area contributed by atoms with Crippen molar-refractivity contribution in [3.05, 3.63) is 41.8 Å². The Morgan fingerprint density at radius 1 is 1.38 bits per heavy atom. The van der Waals surface area contributed by atoms with Crippen molar-refractivity contribution in [3.63, 3.8) is 0 Å². The van der Waals surface area contributed by atoms with E-state index < -0.39 is 17.7 Å². The zero-order chi connectivity index (χ0) is 15.2. The predicted molar refractivity (Wildman–Crippen MR) is 70.7 cm³/mol. The fraction of sp³-hybridized carbons (Fsp3) is 0.154. The highest BCUT2D eigenvalue weighted by Crippen LogP contribution is 2.12. The number of carbonyl (C=O) groups is 2. The summed E-state index contributed by atoms with van der Waals surface area (Å²) >= 11 is 0. The molecule has 2 rings (SSSR count). The maximum absolute atomic E-state index is 12.9. The number of nitrogens with one attached hydrogen (secondary N) is 2. The van der Waals surface area contributed by atoms with Crippen LogP contribution >= 0.6 is 0 Å². The highest BCUT2D eigenvalue weighted by Gasteiger charge is 2.10. The van der Waals surface area contributed by atoms with Crippen LogP contribution < -0.4 is 10.1 Å². The van der Waals surface area contributed by atoms with Gasteiger partial charge in [0.15, 0.2) is 5.82 Å². The van der Waals surface area contributed by atoms with Gasteiger partial charge in [-0.2, -0.15) is 5.10 Å². The first-order chi connectivity index (χ1) is 10.0. The van der Waals surface area contributed by atoms with Crippen molar-refractivity contribution in [1.29, 1.82) is 0 Å². The zero-order valence-electron chi connectivity index (χ0n) is 10.8. The van der Waals surface area contributed by atoms with Gasteiger partial charge in [0.2, 0.25) is 5.91 Å². The molecule has 0 fully saturated rings. The van der Waals surface area contributed by atoms with Gasteiger partial charge in [-0.1, -0.05) is 6.07 Å². The van der Waals surface area contributed by atoms with E-state index in [0.717, 1.165) is 0 Å². The monoisotopic (exact) mass is 293 g/mol. The number of nitrogens with zero attached hydrogens (tertiary/aromatic N) is 1. The van der Waals surface area contributed by atoms with Crippen LogP contribution in [0.3, 0.4) is 0 Å². The highest BCUT2D eigenvalue weighted by atomic mass is 19.1. The van der Waals surface area contributed by atoms with Gasteiger partial charge in [-0.3, -0.25) is 9.89 Å². The van der Waals surface area contributed by atoms with Gasteiger partial charge in [-0.15, -0.1) is 0 Å². The van der Waals surface area contributed by atoms with Gasteiger partial charge in [0.1, 0.15) is 17.3 Å². The zero-order valence-corrected chi connectivity index (χ0v) is 10.8. The number of benzene rings is 1. The molecule has 0 aliphatic heterocycles. The molecule has 8 heteroatoms. The third-order valence-electron chi connectivity index (χ3n) is 2.47. The second kappa shape index (κ2) is 6.51. The number of anilines is 1. The lowest BCUT2D eigenvalue weighted by molar-refractivity contribution is -0.116. The molecule has 0 bridgehead atoms. The minimum atomic E-state index is -1.17. The summed E-state index contributed by atoms with van der Waals surface area (Å²) in [5.74, 6) is -1.54. The molecule has 1 aromatic carbocycles. The number of aromatic nitrogens is 2. The number of carboxylic acid groups (broad SMARTS) is 1. The van der Waals surface area contributed by atoms with Crippen molar-refractivity contribution >= 4 is 17.7 Å². The predicted octanol–water partition coefficient (Wildman–Crippen LogP) is 1.65. The molecule has 110 valence electrons. The van der Waals surface area contributed by atoms with Crippen LogP contribution in [0.4, 0.5) is 10.2 Å². The SMILES string of the molecule is O=C(CCOc1cccc(F)c1)Nc1cc(C(=O)O)[nH]n1. The minimum Gasteiger partial charge on any atom is -0.493 e. The van der Waals surface area contributed by atoms with Gasteiger partial charge in [0, 0.05) is 12.1 Å². The summed E-state index contributed by atoms with van der Waals surface area (Å²) in [6, 6.07) is 6.78. The van der Waals surface area contributed by atoms with E-state index in [0.29, 0.717) is 5.75 Å². The van der Waals surface area contributed by atoms with Crippen molar-refractivity contribution in [2.24, 2.45) is 0 Å². The number of H-pyrrole nitrogens is 1. The summed E-state index contributed by atoms with van der Waals surface area (Å²) in [7, 11) is 0. The topological polar surface area (TPSA) is 104 Å². The Labute approximate surface area is 118 Å². The Bertz CT molecular complexity index is 656. The van der Waals surface area contributed by atoms with Gasteiger partial charge in [0.05, 0.1) is 13.0 Å². The average Bonchev–Trinajstić information content (AvgIpc) is 2.87. The van der Waals surface area contributed by atoms with E-state index in [4.69, 9.17) is 9.84 Å². The van der Waals surface area contributed by atoms with Gasteiger partial charge in [-0.05, 0) is 12.1 Å². The normalized spacial score (nSPS) is 10.1. The molecule has 0 spiro atoms. The van der Waals surface area contributed by atoms with Crippen LogP contribution in [0.25, 0.3) is 0 Å². The molecular formula is C13H12FN3O4. The van der Waals surface area contributed by atoms with Gasteiger partial charge in [0.25, 0.3) is 0 Å². The lowest BCUT2D eigenvalue weighted by atomic mass is 10.3. The van der Waals surface area contributed by atoms with Crippen molar-refractivity contribution in [2.45, 2.75) is 6.42 Å². The number of hydrogen-bond acceptors (Lipinski definition) is 4. The van der Waals surface area contributed by atoms with E-state index in [1.165, 1.54) is 24.3 Å². The van der Waals surface area contributed by atoms with Crippen LogP contribution in [-0.4, -0.2) is 33.8 Å². The molecule has 0 aliphatic rings. The Morgan fingerprint density at radius 2 is 2.19 bits per heavy atom. The number of hydrogen-bond donors (Lipinski definition) is 3. The summed E-state index contributed by atoms with van der Waals surface area (Å²) in [5.41, 5.74) is -0.124. The number of rotatable bonds is 6. The molecule has 0 saturated carbocycles. The number of carboxylic acids is 1. The van der Waals surface area contributed by atoms with Crippen LogP contribution in [0.5, 0.6) is 5.75 Å². The van der Waals surface area contributed by atoms with Gasteiger partial charge in [-0.25, -0.2) is 9.18 Å². The van der Waals surface area contributed by atoms with E-state index in [2.05, 4.69) is 15.5 Å². The van der Waals surface area contributed by atoms with E-state index in [1.54, 1.807) is 6.07 Å². The van der Waals surface area contributed by atoms with E-state index in [9.17, 15) is 14.0 Å². The third-order valence-corrected chi connectivity index (χ3v) is 2.47. The van der Waals surface area contributed by atoms with Crippen LogP contribution in [-0.2, 0) is 4.79 Å². The Kier molecular flexibility index (Phi) is 4.50. The molecule has 1 aromatic heterocycles. The first-order valence-electron chi connectivity index (χ1n) is 6.01. The van der Waals surface area contributed by atoms with Gasteiger partial charge < -0.3 is 15.2 Å². The molecule has 0 atom stereocenters. The molecule has 3 N–H and O–H groups in total. The Balaban J connectivity index is 1.78. The molecule has 0 unspecified atom stereocenters. The number of halogens is 1. The standard InChI is InChI=1S/C13H12FN3O4/c14-8-2-1-3-9(6-8)21-5-4-12(18)15-11-7-10(13(19)20)16-17-11/h1-3,6-7H,4-5H2,(H,19,20)(H2,15,16,17,18). The molecule has 21 heavy (non-hydrogen) atoms. The first-order valence-corrected chi connectivity index (χ1v) is 6.01. The molecule has 0 saturated heterocycles. The number of carbonyl (C=O) groups excluding carboxylic acids is 1. The number of amides is 1. The molecule has 1 amide bonds. The molecule has 0 radical (unpaired) electrons. The van der Waals surface area contributed by atoms with Crippen molar-refractivity contribution in [1.82, 2.24) is 10.2 Å². The Hall–Kier alpha value is -2.90. The van der Waals surface area contributed by atoms with Gasteiger partial charge >= 0.3 is 5.97 Å². The number of aromatic amines is 1. The molecular weight excluding hydrogens is 281 g/mol. The lowest BCUT2D eigenvalue weighted by Crippen LogP contribution is -2.15. The highest BCUT2D eigenvalue weighted by molar-refractivity contribution is 5.92. The summed E-state index contributed by atoms with van der Waals surface area (Å²) in [4.78, 5) is 22.2. The summed E-state index contributed by atoms with van der Waals surface area (Å²) in [5, 5.41) is 17.0. The second-order valence-corrected chi connectivity index (χ2v) is 4.08. The molecule has 0 aliphatic carbocycles. The molecule has 2 aromatic rings. The maximum Gasteiger partial charge on any atom is 0.353 e. The quantitative estimate of drug-likeness (QED) is 0.751. The summed E-state index contributed by atoms with van der Waals surface area (Å²) in [6.07, 6.45) is 0.0196. The van der Waals surface area contributed by atoms with Crippen LogP contribution in [0, 0.1) is 5.82 Å². The van der Waals surface area contributed by atoms with Crippen molar-refractivity contribution in [3.8, 4) is 5.75 Å². The fourth-order valence-electron chi connectivity index (χ4n) is 1.52. The van der Waals surface area contributed by atoms with Crippen molar-refractivity contribution < 1.29 is 23.8 Å². The fourth-order valence-corrected chi connectivity index (χ4v) is 1.52. The van der Waals surface area contributed by atoms with Crippen molar-refractivity contribution in [2.75, 3.05) is 11.9 Å². The summed E-state index contributed by atoms with van der Waals surface area (Å²) < 4.78 is 18.1. The second-order valence-electron chi connectivity index (χ2n) is 4.08. The van der Waals surface area contributed by atoms with Crippen LogP contribution in [0.1, 0.15) is 16.9 Å². The molecule has 1 heterocycles.